The van der Waals surface area contributed by atoms with Crippen molar-refractivity contribution in [1.82, 2.24) is 9.71 Å². The van der Waals surface area contributed by atoms with E-state index in [1.807, 2.05) is 0 Å². The van der Waals surface area contributed by atoms with E-state index in [2.05, 4.69) is 9.71 Å². The van der Waals surface area contributed by atoms with Crippen molar-refractivity contribution in [3.8, 4) is 0 Å². The maximum absolute atomic E-state index is 11.7. The third-order valence-corrected chi connectivity index (χ3v) is 3.69. The molecule has 0 aliphatic heterocycles. The van der Waals surface area contributed by atoms with E-state index in [1.54, 1.807) is 0 Å². The molecule has 2 N–H and O–H groups in total. The van der Waals surface area contributed by atoms with Gasteiger partial charge in [0.2, 0.25) is 10.0 Å². The molecule has 0 saturated carbocycles. The highest BCUT2D eigenvalue weighted by molar-refractivity contribution is 7.89. The number of aromatic nitrogens is 1. The number of pyridine rings is 1. The summed E-state index contributed by atoms with van der Waals surface area (Å²) in [6.45, 7) is 0.363. The van der Waals surface area contributed by atoms with Gasteiger partial charge in [-0.2, -0.15) is 0 Å². The summed E-state index contributed by atoms with van der Waals surface area (Å²) in [5.41, 5.74) is 0. The number of hydrogen-bond acceptors (Lipinski definition) is 5. The van der Waals surface area contributed by atoms with Gasteiger partial charge < -0.3 is 9.84 Å². The van der Waals surface area contributed by atoms with Crippen molar-refractivity contribution in [3.05, 3.63) is 23.5 Å². The molecule has 0 bridgehead atoms. The van der Waals surface area contributed by atoms with Gasteiger partial charge >= 0.3 is 0 Å². The zero-order valence-corrected chi connectivity index (χ0v) is 10.5. The summed E-state index contributed by atoms with van der Waals surface area (Å²) in [7, 11) is -3.67. The van der Waals surface area contributed by atoms with Crippen LogP contribution in [0.4, 0.5) is 0 Å². The number of hydrogen-bond donors (Lipinski definition) is 2. The minimum absolute atomic E-state index is 0.0659. The Balaban J connectivity index is 2.55. The summed E-state index contributed by atoms with van der Waals surface area (Å²) in [4.78, 5) is 3.62. The van der Waals surface area contributed by atoms with E-state index < -0.39 is 10.0 Å². The first kappa shape index (κ1) is 14.3. The van der Waals surface area contributed by atoms with Crippen LogP contribution >= 0.6 is 11.6 Å². The predicted octanol–water partition coefficient (Wildman–Crippen LogP) is 0.0222. The minimum Gasteiger partial charge on any atom is -0.394 e. The molecule has 0 fully saturated rings. The summed E-state index contributed by atoms with van der Waals surface area (Å²) in [6, 6.07) is 2.86. The van der Waals surface area contributed by atoms with Crippen LogP contribution in [-0.2, 0) is 14.8 Å². The third kappa shape index (κ3) is 4.57. The maximum Gasteiger partial charge on any atom is 0.243 e. The van der Waals surface area contributed by atoms with Gasteiger partial charge in [-0.1, -0.05) is 11.6 Å². The molecule has 8 heteroatoms. The van der Waals surface area contributed by atoms with Gasteiger partial charge in [-0.05, 0) is 12.1 Å². The normalized spacial score (nSPS) is 11.6. The summed E-state index contributed by atoms with van der Waals surface area (Å²) < 4.78 is 30.7. The zero-order valence-electron chi connectivity index (χ0n) is 8.97. The Morgan fingerprint density at radius 3 is 2.88 bits per heavy atom. The van der Waals surface area contributed by atoms with E-state index in [0.717, 1.165) is 0 Å². The molecule has 0 spiro atoms. The SMILES string of the molecule is O=S(=O)(NCCOCCO)c1cccnc1Cl. The van der Waals surface area contributed by atoms with E-state index in [0.29, 0.717) is 0 Å². The molecule has 1 rings (SSSR count). The van der Waals surface area contributed by atoms with Crippen LogP contribution in [0, 0.1) is 0 Å². The van der Waals surface area contributed by atoms with Crippen LogP contribution in [0.1, 0.15) is 0 Å². The minimum atomic E-state index is -3.67. The molecule has 1 heterocycles. The fourth-order valence-electron chi connectivity index (χ4n) is 1.06. The third-order valence-electron chi connectivity index (χ3n) is 1.79. The second-order valence-electron chi connectivity index (χ2n) is 3.03. The highest BCUT2D eigenvalue weighted by atomic mass is 35.5. The van der Waals surface area contributed by atoms with Crippen molar-refractivity contribution >= 4 is 21.6 Å². The second-order valence-corrected chi connectivity index (χ2v) is 5.12. The molecule has 1 aromatic rings. The van der Waals surface area contributed by atoms with Crippen LogP contribution in [0.5, 0.6) is 0 Å². The Bertz CT molecular complexity index is 452. The van der Waals surface area contributed by atoms with Crippen LogP contribution in [0.15, 0.2) is 23.2 Å². The van der Waals surface area contributed by atoms with Crippen molar-refractivity contribution in [3.63, 3.8) is 0 Å². The van der Waals surface area contributed by atoms with Crippen molar-refractivity contribution < 1.29 is 18.3 Å². The van der Waals surface area contributed by atoms with Crippen molar-refractivity contribution in [2.45, 2.75) is 4.90 Å². The largest absolute Gasteiger partial charge is 0.394 e. The highest BCUT2D eigenvalue weighted by Crippen LogP contribution is 2.16. The summed E-state index contributed by atoms with van der Waals surface area (Å²) >= 11 is 5.68. The lowest BCUT2D eigenvalue weighted by molar-refractivity contribution is 0.0961. The highest BCUT2D eigenvalue weighted by Gasteiger charge is 2.17. The first-order valence-electron chi connectivity index (χ1n) is 4.86. The van der Waals surface area contributed by atoms with E-state index in [4.69, 9.17) is 21.4 Å². The Morgan fingerprint density at radius 2 is 2.24 bits per heavy atom. The van der Waals surface area contributed by atoms with Crippen LogP contribution in [0.3, 0.4) is 0 Å². The molecule has 1 aromatic heterocycles. The summed E-state index contributed by atoms with van der Waals surface area (Å²) in [6.07, 6.45) is 1.41. The Kier molecular flexibility index (Phi) is 5.79. The van der Waals surface area contributed by atoms with E-state index in [9.17, 15) is 8.42 Å². The van der Waals surface area contributed by atoms with Gasteiger partial charge in [-0.25, -0.2) is 18.1 Å². The molecule has 96 valence electrons. The molecule has 17 heavy (non-hydrogen) atoms. The number of halogens is 1. The number of rotatable bonds is 7. The monoisotopic (exact) mass is 280 g/mol. The van der Waals surface area contributed by atoms with Crippen LogP contribution in [0.25, 0.3) is 0 Å². The fraction of sp³-hybridized carbons (Fsp3) is 0.444. The van der Waals surface area contributed by atoms with Crippen molar-refractivity contribution in [2.75, 3.05) is 26.4 Å². The molecule has 0 aliphatic rings. The van der Waals surface area contributed by atoms with Crippen molar-refractivity contribution in [2.24, 2.45) is 0 Å². The number of ether oxygens (including phenoxy) is 1. The van der Waals surface area contributed by atoms with Gasteiger partial charge in [-0.3, -0.25) is 0 Å². The number of nitrogens with zero attached hydrogens (tertiary/aromatic N) is 1. The maximum atomic E-state index is 11.7. The number of sulfonamides is 1. The molecule has 0 saturated heterocycles. The average molecular weight is 281 g/mol. The van der Waals surface area contributed by atoms with E-state index in [-0.39, 0.29) is 36.4 Å². The lowest BCUT2D eigenvalue weighted by Gasteiger charge is -2.07. The number of nitrogens with one attached hydrogen (secondary N) is 1. The molecule has 6 nitrogen and oxygen atoms in total. The van der Waals surface area contributed by atoms with Gasteiger partial charge in [0.25, 0.3) is 0 Å². The molecular formula is C9H13ClN2O4S. The van der Waals surface area contributed by atoms with Gasteiger partial charge in [0, 0.05) is 12.7 Å². The summed E-state index contributed by atoms with van der Waals surface area (Å²) in [5.74, 6) is 0. The first-order valence-corrected chi connectivity index (χ1v) is 6.73. The van der Waals surface area contributed by atoms with E-state index >= 15 is 0 Å². The Labute approximate surface area is 105 Å². The lowest BCUT2D eigenvalue weighted by Crippen LogP contribution is -2.28. The first-order chi connectivity index (χ1) is 8.08. The van der Waals surface area contributed by atoms with Gasteiger partial charge in [0.1, 0.15) is 10.0 Å². The molecule has 0 atom stereocenters. The van der Waals surface area contributed by atoms with E-state index in [1.165, 1.54) is 18.3 Å². The van der Waals surface area contributed by atoms with Crippen LogP contribution in [-0.4, -0.2) is 44.9 Å². The molecular weight excluding hydrogens is 268 g/mol. The standard InChI is InChI=1S/C9H13ClN2O4S/c10-9-8(2-1-3-11-9)17(14,15)12-4-6-16-7-5-13/h1-3,12-13H,4-7H2. The average Bonchev–Trinajstić information content (AvgIpc) is 2.29. The quantitative estimate of drug-likeness (QED) is 0.543. The fourth-order valence-corrected chi connectivity index (χ4v) is 2.53. The molecule has 0 unspecified atom stereocenters. The molecule has 0 radical (unpaired) electrons. The summed E-state index contributed by atoms with van der Waals surface area (Å²) in [5, 5.41) is 8.38. The Morgan fingerprint density at radius 1 is 1.47 bits per heavy atom. The smallest absolute Gasteiger partial charge is 0.243 e. The topological polar surface area (TPSA) is 88.5 Å². The number of aliphatic hydroxyl groups excluding tert-OH is 1. The van der Waals surface area contributed by atoms with Gasteiger partial charge in [0.15, 0.2) is 0 Å². The lowest BCUT2D eigenvalue weighted by atomic mass is 10.5. The number of aliphatic hydroxyl groups is 1. The predicted molar refractivity (Wildman–Crippen MR) is 62.3 cm³/mol. The van der Waals surface area contributed by atoms with Crippen LogP contribution < -0.4 is 4.72 Å². The Hall–Kier alpha value is -0.730. The van der Waals surface area contributed by atoms with Crippen LogP contribution in [0.2, 0.25) is 5.15 Å². The molecule has 0 aromatic carbocycles. The van der Waals surface area contributed by atoms with Crippen molar-refractivity contribution in [1.29, 1.82) is 0 Å². The van der Waals surface area contributed by atoms with Gasteiger partial charge in [0.05, 0.1) is 19.8 Å². The molecule has 0 aliphatic carbocycles. The second kappa shape index (κ2) is 6.87. The zero-order chi connectivity index (χ0) is 12.7. The molecule has 0 amide bonds. The van der Waals surface area contributed by atoms with Gasteiger partial charge in [-0.15, -0.1) is 0 Å².